The van der Waals surface area contributed by atoms with E-state index in [1.165, 1.54) is 11.0 Å². The SMILES string of the molecule is CC(CN)N(C)C(=O)c1cc(F)c(Cl)cc1Cl. The first kappa shape index (κ1) is 14.2. The Hall–Kier alpha value is -0.840. The first-order chi connectivity index (χ1) is 7.88. The molecule has 0 heterocycles. The first-order valence-electron chi connectivity index (χ1n) is 5.00. The molecular weight excluding hydrogens is 266 g/mol. The number of halogens is 3. The lowest BCUT2D eigenvalue weighted by molar-refractivity contribution is 0.0748. The molecule has 1 rings (SSSR count). The Kier molecular flexibility index (Phi) is 4.74. The van der Waals surface area contributed by atoms with Crippen LogP contribution in [0.1, 0.15) is 17.3 Å². The molecule has 94 valence electrons. The van der Waals surface area contributed by atoms with Crippen LogP contribution in [-0.4, -0.2) is 30.4 Å². The van der Waals surface area contributed by atoms with Crippen molar-refractivity contribution in [1.29, 1.82) is 0 Å². The zero-order valence-electron chi connectivity index (χ0n) is 9.51. The van der Waals surface area contributed by atoms with E-state index < -0.39 is 5.82 Å². The van der Waals surface area contributed by atoms with Crippen molar-refractivity contribution >= 4 is 29.1 Å². The minimum absolute atomic E-state index is 0.0800. The van der Waals surface area contributed by atoms with Crippen LogP contribution in [0.3, 0.4) is 0 Å². The Morgan fingerprint density at radius 2 is 2.06 bits per heavy atom. The van der Waals surface area contributed by atoms with Crippen LogP contribution in [0.5, 0.6) is 0 Å². The van der Waals surface area contributed by atoms with Gasteiger partial charge in [0.1, 0.15) is 5.82 Å². The molecule has 1 atom stereocenters. The summed E-state index contributed by atoms with van der Waals surface area (Å²) in [6.45, 7) is 2.11. The van der Waals surface area contributed by atoms with Gasteiger partial charge in [-0.15, -0.1) is 0 Å². The average Bonchev–Trinajstić information content (AvgIpc) is 2.31. The lowest BCUT2D eigenvalue weighted by atomic mass is 10.1. The Morgan fingerprint density at radius 3 is 2.59 bits per heavy atom. The number of likely N-dealkylation sites (N-methyl/N-ethyl adjacent to an activating group) is 1. The molecule has 2 N–H and O–H groups in total. The number of benzene rings is 1. The summed E-state index contributed by atoms with van der Waals surface area (Å²) in [5.74, 6) is -1.06. The topological polar surface area (TPSA) is 46.3 Å². The van der Waals surface area contributed by atoms with Crippen molar-refractivity contribution in [2.75, 3.05) is 13.6 Å². The zero-order chi connectivity index (χ0) is 13.2. The first-order valence-corrected chi connectivity index (χ1v) is 5.75. The molecule has 0 aliphatic carbocycles. The molecule has 1 unspecified atom stereocenters. The molecule has 0 aliphatic heterocycles. The van der Waals surface area contributed by atoms with Crippen molar-refractivity contribution in [2.45, 2.75) is 13.0 Å². The summed E-state index contributed by atoms with van der Waals surface area (Å²) in [7, 11) is 1.59. The summed E-state index contributed by atoms with van der Waals surface area (Å²) in [5, 5.41) is 0.0125. The van der Waals surface area contributed by atoms with Crippen LogP contribution in [0.4, 0.5) is 4.39 Å². The van der Waals surface area contributed by atoms with E-state index in [1.54, 1.807) is 14.0 Å². The summed E-state index contributed by atoms with van der Waals surface area (Å²) >= 11 is 11.4. The van der Waals surface area contributed by atoms with Gasteiger partial charge in [-0.1, -0.05) is 23.2 Å². The molecule has 3 nitrogen and oxygen atoms in total. The van der Waals surface area contributed by atoms with E-state index in [0.29, 0.717) is 6.54 Å². The van der Waals surface area contributed by atoms with E-state index in [0.717, 1.165) is 6.07 Å². The summed E-state index contributed by atoms with van der Waals surface area (Å²) in [6.07, 6.45) is 0. The molecule has 0 spiro atoms. The van der Waals surface area contributed by atoms with Gasteiger partial charge in [-0.25, -0.2) is 4.39 Å². The van der Waals surface area contributed by atoms with E-state index in [2.05, 4.69) is 0 Å². The lowest BCUT2D eigenvalue weighted by Crippen LogP contribution is -2.39. The minimum Gasteiger partial charge on any atom is -0.338 e. The number of hydrogen-bond acceptors (Lipinski definition) is 2. The standard InChI is InChI=1S/C11H13Cl2FN2O/c1-6(5-15)16(2)11(17)7-3-10(14)9(13)4-8(7)12/h3-4,6H,5,15H2,1-2H3. The number of carbonyl (C=O) groups is 1. The molecule has 0 saturated heterocycles. The molecule has 0 fully saturated rings. The highest BCUT2D eigenvalue weighted by molar-refractivity contribution is 6.36. The minimum atomic E-state index is -0.673. The summed E-state index contributed by atoms with van der Waals surface area (Å²) in [4.78, 5) is 13.4. The molecule has 1 amide bonds. The second-order valence-corrected chi connectivity index (χ2v) is 4.56. The third-order valence-electron chi connectivity index (χ3n) is 2.56. The largest absolute Gasteiger partial charge is 0.338 e. The Balaban J connectivity index is 3.08. The lowest BCUT2D eigenvalue weighted by Gasteiger charge is -2.24. The fourth-order valence-electron chi connectivity index (χ4n) is 1.23. The number of amides is 1. The molecule has 0 saturated carbocycles. The van der Waals surface area contributed by atoms with Crippen LogP contribution in [0.2, 0.25) is 10.0 Å². The van der Waals surface area contributed by atoms with Crippen molar-refractivity contribution in [3.05, 3.63) is 33.6 Å². The predicted molar refractivity (Wildman–Crippen MR) is 67.0 cm³/mol. The fraction of sp³-hybridized carbons (Fsp3) is 0.364. The summed E-state index contributed by atoms with van der Waals surface area (Å²) < 4.78 is 13.3. The van der Waals surface area contributed by atoms with Crippen LogP contribution < -0.4 is 5.73 Å². The quantitative estimate of drug-likeness (QED) is 0.864. The van der Waals surface area contributed by atoms with Crippen LogP contribution in [0.25, 0.3) is 0 Å². The van der Waals surface area contributed by atoms with Crippen LogP contribution in [-0.2, 0) is 0 Å². The third-order valence-corrected chi connectivity index (χ3v) is 3.17. The Morgan fingerprint density at radius 1 is 1.47 bits per heavy atom. The Bertz CT molecular complexity index is 440. The van der Waals surface area contributed by atoms with Gasteiger partial charge in [0, 0.05) is 19.6 Å². The monoisotopic (exact) mass is 278 g/mol. The second-order valence-electron chi connectivity index (χ2n) is 3.75. The van der Waals surface area contributed by atoms with E-state index >= 15 is 0 Å². The van der Waals surface area contributed by atoms with Gasteiger partial charge in [0.05, 0.1) is 15.6 Å². The van der Waals surface area contributed by atoms with E-state index in [4.69, 9.17) is 28.9 Å². The van der Waals surface area contributed by atoms with Gasteiger partial charge in [-0.05, 0) is 19.1 Å². The van der Waals surface area contributed by atoms with Gasteiger partial charge in [0.25, 0.3) is 5.91 Å². The van der Waals surface area contributed by atoms with Crippen LogP contribution in [0.15, 0.2) is 12.1 Å². The predicted octanol–water partition coefficient (Wildman–Crippen LogP) is 2.55. The van der Waals surface area contributed by atoms with Crippen molar-refractivity contribution in [3.63, 3.8) is 0 Å². The van der Waals surface area contributed by atoms with E-state index in [9.17, 15) is 9.18 Å². The van der Waals surface area contributed by atoms with Crippen molar-refractivity contribution in [1.82, 2.24) is 4.90 Å². The molecule has 0 radical (unpaired) electrons. The average molecular weight is 279 g/mol. The smallest absolute Gasteiger partial charge is 0.255 e. The molecule has 0 aliphatic rings. The molecule has 0 aromatic heterocycles. The number of rotatable bonds is 3. The van der Waals surface area contributed by atoms with Crippen LogP contribution >= 0.6 is 23.2 Å². The molecule has 6 heteroatoms. The van der Waals surface area contributed by atoms with Crippen molar-refractivity contribution < 1.29 is 9.18 Å². The van der Waals surface area contributed by atoms with Gasteiger partial charge < -0.3 is 10.6 Å². The number of carbonyl (C=O) groups excluding carboxylic acids is 1. The highest BCUT2D eigenvalue weighted by Gasteiger charge is 2.20. The third kappa shape index (κ3) is 3.09. The molecule has 1 aromatic carbocycles. The van der Waals surface area contributed by atoms with Crippen molar-refractivity contribution in [3.8, 4) is 0 Å². The van der Waals surface area contributed by atoms with Crippen LogP contribution in [0, 0.1) is 5.82 Å². The molecule has 1 aromatic rings. The number of nitrogens with zero attached hydrogens (tertiary/aromatic N) is 1. The maximum absolute atomic E-state index is 13.3. The number of hydrogen-bond donors (Lipinski definition) is 1. The normalized spacial score (nSPS) is 12.4. The van der Waals surface area contributed by atoms with Crippen molar-refractivity contribution in [2.24, 2.45) is 5.73 Å². The number of nitrogens with two attached hydrogens (primary N) is 1. The van der Waals surface area contributed by atoms with Gasteiger partial charge in [0.15, 0.2) is 0 Å². The highest BCUT2D eigenvalue weighted by atomic mass is 35.5. The van der Waals surface area contributed by atoms with E-state index in [-0.39, 0.29) is 27.6 Å². The highest BCUT2D eigenvalue weighted by Crippen LogP contribution is 2.25. The molecule has 0 bridgehead atoms. The second kappa shape index (κ2) is 5.67. The van der Waals surface area contributed by atoms with Gasteiger partial charge in [-0.3, -0.25) is 4.79 Å². The summed E-state index contributed by atoms with van der Waals surface area (Å²) in [5.41, 5.74) is 5.54. The fourth-order valence-corrected chi connectivity index (χ4v) is 1.70. The maximum Gasteiger partial charge on any atom is 0.255 e. The molecule has 17 heavy (non-hydrogen) atoms. The van der Waals surface area contributed by atoms with Gasteiger partial charge in [0.2, 0.25) is 0 Å². The van der Waals surface area contributed by atoms with Gasteiger partial charge >= 0.3 is 0 Å². The van der Waals surface area contributed by atoms with E-state index in [1.807, 2.05) is 0 Å². The Labute approximate surface area is 109 Å². The summed E-state index contributed by atoms with van der Waals surface area (Å²) in [6, 6.07) is 2.09. The maximum atomic E-state index is 13.3. The zero-order valence-corrected chi connectivity index (χ0v) is 11.0. The van der Waals surface area contributed by atoms with Gasteiger partial charge in [-0.2, -0.15) is 0 Å². The molecular formula is C11H13Cl2FN2O.